The zero-order valence-corrected chi connectivity index (χ0v) is 48.4. The normalized spacial score (nSPS) is 15.5. The van der Waals surface area contributed by atoms with Gasteiger partial charge in [0.05, 0.1) is 0 Å². The van der Waals surface area contributed by atoms with E-state index in [-0.39, 0.29) is 0 Å². The molecule has 0 aromatic rings. The lowest BCUT2D eigenvalue weighted by Gasteiger charge is -1.71. The van der Waals surface area contributed by atoms with Crippen LogP contribution in [-0.4, -0.2) is 0 Å². The highest BCUT2D eigenvalue weighted by Gasteiger charge is 1.81. The molecule has 0 radical (unpaired) electrons. The molecular formula is CHN107. The zero-order chi connectivity index (χ0) is 77.0. The summed E-state index contributed by atoms with van der Waals surface area (Å²) in [5, 5.41) is 321. The average molecular weight is 1510 g/mol. The summed E-state index contributed by atoms with van der Waals surface area (Å²) in [6.45, 7) is 0. The molecule has 0 aliphatic heterocycles. The van der Waals surface area contributed by atoms with Gasteiger partial charge in [0.2, 0.25) is 6.19 Å². The molecule has 0 atom stereocenters. The Bertz CT molecular complexity index is 4100. The summed E-state index contributed by atoms with van der Waals surface area (Å²) in [5.41, 5.74) is 6.27. The lowest BCUT2D eigenvalue weighted by Crippen LogP contribution is -1.52. The van der Waals surface area contributed by atoms with Crippen molar-refractivity contribution in [1.82, 2.24) is 0 Å². The lowest BCUT2D eigenvalue weighted by atomic mass is 11.5. The van der Waals surface area contributed by atoms with E-state index in [9.17, 15) is 0 Å². The molecule has 0 aliphatic rings. The molecule has 0 saturated heterocycles. The van der Waals surface area contributed by atoms with Gasteiger partial charge in [-0.05, 0) is 88.7 Å². The Hall–Kier alpha value is -21.7. The van der Waals surface area contributed by atoms with Gasteiger partial charge in [0.25, 0.3) is 0 Å². The van der Waals surface area contributed by atoms with Crippen LogP contribution in [0.1, 0.15) is 0 Å². The van der Waals surface area contributed by atoms with Gasteiger partial charge in [0.1, 0.15) is 0 Å². The van der Waals surface area contributed by atoms with Crippen molar-refractivity contribution in [3.63, 3.8) is 0 Å². The highest BCUT2D eigenvalue weighted by Crippen LogP contribution is 1.99. The molecule has 0 unspecified atom stereocenters. The Labute approximate surface area is 565 Å². The Morgan fingerprint density at radius 2 is 0.148 bits per heavy atom. The van der Waals surface area contributed by atoms with Gasteiger partial charge in [-0.1, -0.05) is 0 Å². The predicted octanol–water partition coefficient (Wildman–Crippen LogP) is 19.6. The number of nitrogens with one attached hydrogen (secondary N) is 1. The molecule has 107 heteroatoms. The van der Waals surface area contributed by atoms with Gasteiger partial charge in [-0.3, -0.25) is 0 Å². The molecule has 1 N–H and O–H groups in total. The number of hydrogen-bond donors (Lipinski definition) is 1. The topological polar surface area (TPSA) is 1350 Å². The van der Waals surface area contributed by atoms with Crippen LogP contribution in [0.5, 0.6) is 0 Å². The molecule has 0 fully saturated rings. The summed E-state index contributed by atoms with van der Waals surface area (Å²) in [5.74, 6) is 0. The molecule has 0 spiro atoms. The number of hydrogen-bond acceptors (Lipinski definition) is 3. The summed E-state index contributed by atoms with van der Waals surface area (Å²) >= 11 is 0. The van der Waals surface area contributed by atoms with Crippen LogP contribution in [-0.2, 0) is 0 Å². The molecule has 0 amide bonds. The Kier molecular flexibility index (Phi) is 68.1. The van der Waals surface area contributed by atoms with Crippen LogP contribution in [0, 0.1) is 17.0 Å². The molecule has 0 aliphatic carbocycles. The largest absolute Gasteiger partial charge is 0.227 e. The van der Waals surface area contributed by atoms with Crippen LogP contribution >= 0.6 is 0 Å². The van der Waals surface area contributed by atoms with Gasteiger partial charge in [0.15, 0.2) is 0 Å². The average Bonchev–Trinajstić information content (AvgIpc) is 3.89. The first-order valence-electron chi connectivity index (χ1n) is 21.5. The van der Waals surface area contributed by atoms with E-state index >= 15 is 0 Å². The summed E-state index contributed by atoms with van der Waals surface area (Å²) in [6, 6.07) is 0. The maximum absolute atomic E-state index is 8.03. The first kappa shape index (κ1) is 86.3. The monoisotopic (exact) mass is 1510 g/mol. The minimum Gasteiger partial charge on any atom is -0.183 e. The summed E-state index contributed by atoms with van der Waals surface area (Å²) in [7, 11) is 0. The minimum absolute atomic E-state index is 1.31. The van der Waals surface area contributed by atoms with E-state index < -0.39 is 0 Å². The van der Waals surface area contributed by atoms with Crippen LogP contribution in [0.4, 0.5) is 0 Å². The summed E-state index contributed by atoms with van der Waals surface area (Å²) in [6.07, 6.45) is 1.31. The van der Waals surface area contributed by atoms with Crippen LogP contribution in [0.2, 0.25) is 0 Å². The first-order chi connectivity index (χ1) is 53.9. The number of nitrogens with zero attached hydrogens (tertiary/aromatic N) is 106. The summed E-state index contributed by atoms with van der Waals surface area (Å²) in [4.78, 5) is 0. The van der Waals surface area contributed by atoms with Crippen molar-refractivity contribution in [3.05, 3.63) is 0 Å². The Morgan fingerprint density at radius 3 is 0.204 bits per heavy atom. The second kappa shape index (κ2) is 85.3. The van der Waals surface area contributed by atoms with Gasteiger partial charge in [-0.2, -0.15) is 10.8 Å². The molecule has 540 valence electrons. The molecule has 0 aromatic heterocycles. The standard InChI is InChI=1S/CHN107/c2-1-4-6-8-10-12-14-16-18-20-22-24-26-28-30-32-34-36-38-40-42-44-46-48-50-52-54-56-58-60-62-64-66-68-70-72-74-76-78-80-82-84-86-88-90-92-94-96-98-100-102-104-106-108-107-105-103-101-99-97-95-93-91-89-87-85-83-81-79-77-75-73-71-69-67-65-63-61-59-57-55-53-51-49-47-45-43-41-39-37-35-33-31-29-27-25-23-21-19-17-15-13-11-9-7-5-3/h3H/b5-3?,6-4?,9-7+,10-8+,13-11+,14-12+,17-15+,18-16+,21-19+,22-20+,25-23+,26-24+,29-27+,30-28+,33-31+,34-32+,37-35+,38-36+,41-39+,42-40+,45-43+,46-44+,49-47+,50-48+,53-51+,54-52+,57-55+,58-56+,61-59+,62-60+,65-63+,66-64+,69-67+,70-68+,73-71+,74-72+,77-75+,78-76+,81-79+,82-80+,85-83+,86-84+,89-87+,90-88+,93-91+,94-92+,97-95+,98-96+,101-99+,102-100+,105-103+,106-104+,108-107+. The first-order valence-corrected chi connectivity index (χ1v) is 21.5. The van der Waals surface area contributed by atoms with E-state index in [0.29, 0.717) is 0 Å². The quantitative estimate of drug-likeness (QED) is 0.0346. The van der Waals surface area contributed by atoms with E-state index in [1.807, 2.05) is 0 Å². The van der Waals surface area contributed by atoms with E-state index in [4.69, 9.17) is 10.8 Å². The van der Waals surface area contributed by atoms with Crippen LogP contribution in [0.3, 0.4) is 0 Å². The molecule has 107 nitrogen and oxygen atoms in total. The Morgan fingerprint density at radius 1 is 0.0926 bits per heavy atom. The fourth-order valence-electron chi connectivity index (χ4n) is 1.87. The number of nitriles is 1. The highest BCUT2D eigenvalue weighted by atomic mass is 15.8. The SMILES string of the molecule is N#CN=N/N=N/N=N/N=N/N=N/N=N/N=N/N=N/N=N/N=N/N=N/N=N/N=N/N=N/N=N/N=N/N=N/N=N/N=N/N=N/N=N/N=N/N=N/N=N/N=N/N=N/N=N/N=N/N=N/N=N/N=N/N=N/N=N/N=N/N=N/N=N/N=N/N=N/N=N/N=N/N=N/N=N/N=N/N=N/N=N/N=N/N=N/N=N/N=N/N=N/N=N/N=N/N=N. The fourth-order valence-corrected chi connectivity index (χ4v) is 1.87. The Balaban J connectivity index is 4.13. The smallest absolute Gasteiger partial charge is 0.183 e. The lowest BCUT2D eigenvalue weighted by molar-refractivity contribution is 0.723. The van der Waals surface area contributed by atoms with E-state index in [0.717, 1.165) is 0 Å². The van der Waals surface area contributed by atoms with Crippen molar-refractivity contribution in [2.24, 2.45) is 548 Å². The molecule has 0 rings (SSSR count). The van der Waals surface area contributed by atoms with Gasteiger partial charge >= 0.3 is 0 Å². The van der Waals surface area contributed by atoms with Crippen LogP contribution < -0.4 is 0 Å². The second-order valence-corrected chi connectivity index (χ2v) is 9.51. The molecule has 0 bridgehead atoms. The van der Waals surface area contributed by atoms with Gasteiger partial charge in [-0.25, -0.2) is 0 Å². The third-order valence-electron chi connectivity index (χ3n) is 4.21. The summed E-state index contributed by atoms with van der Waals surface area (Å²) < 4.78 is 0. The predicted molar refractivity (Wildman–Crippen MR) is 263 cm³/mol. The second-order valence-electron chi connectivity index (χ2n) is 9.51. The van der Waals surface area contributed by atoms with Crippen LogP contribution in [0.25, 0.3) is 0 Å². The zero-order valence-electron chi connectivity index (χ0n) is 48.4. The maximum Gasteiger partial charge on any atom is 0.227 e. The molecule has 0 heterocycles. The van der Waals surface area contributed by atoms with Crippen molar-refractivity contribution < 1.29 is 0 Å². The highest BCUT2D eigenvalue weighted by molar-refractivity contribution is 4.56. The van der Waals surface area contributed by atoms with Gasteiger partial charge < -0.3 is 0 Å². The third kappa shape index (κ3) is 84.3. The minimum atomic E-state index is 1.31. The fraction of sp³-hybridized carbons (Fsp3) is 0. The molecular weight excluding hydrogens is 1510 g/mol. The molecule has 108 heavy (non-hydrogen) atoms. The molecule has 0 saturated carbocycles. The van der Waals surface area contributed by atoms with Crippen molar-refractivity contribution in [2.75, 3.05) is 0 Å². The van der Waals surface area contributed by atoms with Crippen molar-refractivity contribution in [3.8, 4) is 6.19 Å². The number of rotatable bonds is 52. The van der Waals surface area contributed by atoms with E-state index in [2.05, 4.69) is 548 Å². The van der Waals surface area contributed by atoms with Gasteiger partial charge in [-0.15, -0.1) is 0 Å². The van der Waals surface area contributed by atoms with E-state index in [1.54, 1.807) is 0 Å². The molecule has 0 aromatic carbocycles. The maximum atomic E-state index is 8.03. The van der Waals surface area contributed by atoms with Crippen molar-refractivity contribution in [2.45, 2.75) is 0 Å². The van der Waals surface area contributed by atoms with E-state index in [1.165, 1.54) is 6.19 Å². The third-order valence-corrected chi connectivity index (χ3v) is 4.21. The van der Waals surface area contributed by atoms with Crippen molar-refractivity contribution >= 4 is 0 Å². The van der Waals surface area contributed by atoms with Crippen LogP contribution in [0.15, 0.2) is 548 Å². The van der Waals surface area contributed by atoms with Gasteiger partial charge in [0, 0.05) is 460 Å². The van der Waals surface area contributed by atoms with Crippen molar-refractivity contribution in [1.29, 1.82) is 10.8 Å².